The third-order valence-corrected chi connectivity index (χ3v) is 4.72. The van der Waals surface area contributed by atoms with Gasteiger partial charge in [0.05, 0.1) is 13.7 Å². The summed E-state index contributed by atoms with van der Waals surface area (Å²) in [4.78, 5) is 14.8. The minimum atomic E-state index is 0.0467. The van der Waals surface area contributed by atoms with Gasteiger partial charge in [-0.25, -0.2) is 0 Å². The zero-order valence-electron chi connectivity index (χ0n) is 15.2. The number of benzene rings is 2. The molecule has 25 heavy (non-hydrogen) atoms. The second kappa shape index (κ2) is 7.70. The molecule has 2 aromatic carbocycles. The second-order valence-electron chi connectivity index (χ2n) is 6.83. The van der Waals surface area contributed by atoms with Crippen LogP contribution < -0.4 is 10.1 Å². The molecule has 0 aliphatic carbocycles. The van der Waals surface area contributed by atoms with Gasteiger partial charge in [0.1, 0.15) is 5.75 Å². The standard InChI is InChI=1S/C21H26N2O2/c1-15-11-16(2)13-18(12-15)22-21(24)14-23-10-4-5-20(23)17-6-8-19(25-3)9-7-17/h6-9,11-13,20H,4-5,10,14H2,1-3H3,(H,22,24)/t20-/m0/s1. The van der Waals surface area contributed by atoms with Gasteiger partial charge >= 0.3 is 0 Å². The third-order valence-electron chi connectivity index (χ3n) is 4.72. The van der Waals surface area contributed by atoms with Crippen LogP contribution in [0.15, 0.2) is 42.5 Å². The summed E-state index contributed by atoms with van der Waals surface area (Å²) in [7, 11) is 1.67. The Morgan fingerprint density at radius 2 is 1.84 bits per heavy atom. The van der Waals surface area contributed by atoms with Gasteiger partial charge in [-0.05, 0) is 74.2 Å². The Morgan fingerprint density at radius 1 is 1.16 bits per heavy atom. The molecule has 2 aromatic rings. The SMILES string of the molecule is COc1ccc([C@@H]2CCCN2CC(=O)Nc2cc(C)cc(C)c2)cc1. The van der Waals surface area contributed by atoms with E-state index in [1.165, 1.54) is 5.56 Å². The van der Waals surface area contributed by atoms with Crippen molar-refractivity contribution in [3.05, 3.63) is 59.2 Å². The molecule has 1 saturated heterocycles. The Hall–Kier alpha value is -2.33. The van der Waals surface area contributed by atoms with E-state index in [0.717, 1.165) is 42.0 Å². The zero-order valence-corrected chi connectivity index (χ0v) is 15.2. The fourth-order valence-electron chi connectivity index (χ4n) is 3.65. The first-order chi connectivity index (χ1) is 12.0. The smallest absolute Gasteiger partial charge is 0.238 e. The lowest BCUT2D eigenvalue weighted by molar-refractivity contribution is -0.117. The van der Waals surface area contributed by atoms with E-state index in [0.29, 0.717) is 12.6 Å². The van der Waals surface area contributed by atoms with E-state index in [9.17, 15) is 4.79 Å². The summed E-state index contributed by atoms with van der Waals surface area (Å²) in [5.74, 6) is 0.909. The van der Waals surface area contributed by atoms with Gasteiger partial charge in [-0.3, -0.25) is 9.69 Å². The van der Waals surface area contributed by atoms with E-state index in [4.69, 9.17) is 4.74 Å². The van der Waals surface area contributed by atoms with Gasteiger partial charge in [-0.1, -0.05) is 18.2 Å². The number of likely N-dealkylation sites (tertiary alicyclic amines) is 1. The lowest BCUT2D eigenvalue weighted by Gasteiger charge is -2.24. The monoisotopic (exact) mass is 338 g/mol. The number of nitrogens with zero attached hydrogens (tertiary/aromatic N) is 1. The normalized spacial score (nSPS) is 17.5. The predicted molar refractivity (Wildman–Crippen MR) is 101 cm³/mol. The molecular weight excluding hydrogens is 312 g/mol. The van der Waals surface area contributed by atoms with Crippen molar-refractivity contribution in [1.29, 1.82) is 0 Å². The molecular formula is C21H26N2O2. The minimum Gasteiger partial charge on any atom is -0.497 e. The molecule has 1 fully saturated rings. The number of carbonyl (C=O) groups excluding carboxylic acids is 1. The quantitative estimate of drug-likeness (QED) is 0.893. The van der Waals surface area contributed by atoms with Crippen molar-refractivity contribution < 1.29 is 9.53 Å². The van der Waals surface area contributed by atoms with Crippen LogP contribution >= 0.6 is 0 Å². The Labute approximate surface area is 149 Å². The van der Waals surface area contributed by atoms with E-state index in [1.54, 1.807) is 7.11 Å². The molecule has 0 aromatic heterocycles. The van der Waals surface area contributed by atoms with Crippen molar-refractivity contribution in [1.82, 2.24) is 4.90 Å². The van der Waals surface area contributed by atoms with Gasteiger partial charge in [0.15, 0.2) is 0 Å². The number of hydrogen-bond donors (Lipinski definition) is 1. The van der Waals surface area contributed by atoms with Crippen LogP contribution in [0.1, 0.15) is 35.6 Å². The van der Waals surface area contributed by atoms with Crippen molar-refractivity contribution in [3.63, 3.8) is 0 Å². The highest BCUT2D eigenvalue weighted by molar-refractivity contribution is 5.92. The number of hydrogen-bond acceptors (Lipinski definition) is 3. The first-order valence-electron chi connectivity index (χ1n) is 8.81. The zero-order chi connectivity index (χ0) is 17.8. The Morgan fingerprint density at radius 3 is 2.48 bits per heavy atom. The predicted octanol–water partition coefficient (Wildman–Crippen LogP) is 4.09. The highest BCUT2D eigenvalue weighted by atomic mass is 16.5. The van der Waals surface area contributed by atoms with Crippen LogP contribution in [-0.4, -0.2) is 31.0 Å². The van der Waals surface area contributed by atoms with Gasteiger partial charge in [-0.2, -0.15) is 0 Å². The topological polar surface area (TPSA) is 41.6 Å². The molecule has 0 radical (unpaired) electrons. The highest BCUT2D eigenvalue weighted by Gasteiger charge is 2.27. The van der Waals surface area contributed by atoms with Crippen LogP contribution in [-0.2, 0) is 4.79 Å². The molecule has 0 saturated carbocycles. The first-order valence-corrected chi connectivity index (χ1v) is 8.81. The number of carbonyl (C=O) groups is 1. The molecule has 0 bridgehead atoms. The van der Waals surface area contributed by atoms with Crippen LogP contribution in [0.25, 0.3) is 0 Å². The van der Waals surface area contributed by atoms with Crippen LogP contribution in [0.5, 0.6) is 5.75 Å². The van der Waals surface area contributed by atoms with E-state index < -0.39 is 0 Å². The van der Waals surface area contributed by atoms with Gasteiger partial charge < -0.3 is 10.1 Å². The molecule has 4 heteroatoms. The van der Waals surface area contributed by atoms with Crippen molar-refractivity contribution in [2.24, 2.45) is 0 Å². The maximum Gasteiger partial charge on any atom is 0.238 e. The third kappa shape index (κ3) is 4.40. The number of methoxy groups -OCH3 is 1. The Kier molecular flexibility index (Phi) is 5.39. The molecule has 0 spiro atoms. The molecule has 1 aliphatic heterocycles. The van der Waals surface area contributed by atoms with E-state index in [1.807, 2.05) is 38.1 Å². The average molecular weight is 338 g/mol. The van der Waals surface area contributed by atoms with E-state index in [-0.39, 0.29) is 5.91 Å². The molecule has 0 unspecified atom stereocenters. The number of anilines is 1. The lowest BCUT2D eigenvalue weighted by atomic mass is 10.0. The molecule has 1 amide bonds. The Balaban J connectivity index is 1.65. The largest absolute Gasteiger partial charge is 0.497 e. The van der Waals surface area contributed by atoms with Crippen molar-refractivity contribution in [2.45, 2.75) is 32.7 Å². The average Bonchev–Trinajstić information content (AvgIpc) is 3.01. The molecule has 1 atom stereocenters. The summed E-state index contributed by atoms with van der Waals surface area (Å²) in [6, 6.07) is 14.6. The first kappa shape index (κ1) is 17.5. The molecule has 132 valence electrons. The molecule has 4 nitrogen and oxygen atoms in total. The van der Waals surface area contributed by atoms with Crippen LogP contribution in [0.4, 0.5) is 5.69 Å². The molecule has 1 aliphatic rings. The lowest BCUT2D eigenvalue weighted by Crippen LogP contribution is -2.33. The van der Waals surface area contributed by atoms with Crippen LogP contribution in [0.3, 0.4) is 0 Å². The summed E-state index contributed by atoms with van der Waals surface area (Å²) >= 11 is 0. The van der Waals surface area contributed by atoms with Crippen molar-refractivity contribution in [2.75, 3.05) is 25.5 Å². The molecule has 3 rings (SSSR count). The number of ether oxygens (including phenoxy) is 1. The van der Waals surface area contributed by atoms with Gasteiger partial charge in [0.25, 0.3) is 0 Å². The van der Waals surface area contributed by atoms with E-state index in [2.05, 4.69) is 28.4 Å². The van der Waals surface area contributed by atoms with Gasteiger partial charge in [-0.15, -0.1) is 0 Å². The minimum absolute atomic E-state index is 0.0467. The number of nitrogens with one attached hydrogen (secondary N) is 1. The maximum atomic E-state index is 12.5. The fourth-order valence-corrected chi connectivity index (χ4v) is 3.65. The maximum absolute atomic E-state index is 12.5. The van der Waals surface area contributed by atoms with Crippen molar-refractivity contribution >= 4 is 11.6 Å². The number of amides is 1. The van der Waals surface area contributed by atoms with Gasteiger partial charge in [0, 0.05) is 11.7 Å². The van der Waals surface area contributed by atoms with Crippen LogP contribution in [0, 0.1) is 13.8 Å². The number of rotatable bonds is 5. The molecule has 1 heterocycles. The van der Waals surface area contributed by atoms with E-state index >= 15 is 0 Å². The summed E-state index contributed by atoms with van der Waals surface area (Å²) in [5, 5.41) is 3.04. The summed E-state index contributed by atoms with van der Waals surface area (Å²) in [5.41, 5.74) is 4.44. The molecule has 1 N–H and O–H groups in total. The fraction of sp³-hybridized carbons (Fsp3) is 0.381. The Bertz CT molecular complexity index is 720. The summed E-state index contributed by atoms with van der Waals surface area (Å²) in [6.45, 7) is 5.46. The highest BCUT2D eigenvalue weighted by Crippen LogP contribution is 2.32. The summed E-state index contributed by atoms with van der Waals surface area (Å²) < 4.78 is 5.23. The number of aryl methyl sites for hydroxylation is 2. The van der Waals surface area contributed by atoms with Gasteiger partial charge in [0.2, 0.25) is 5.91 Å². The van der Waals surface area contributed by atoms with Crippen molar-refractivity contribution in [3.8, 4) is 5.75 Å². The summed E-state index contributed by atoms with van der Waals surface area (Å²) in [6.07, 6.45) is 2.21. The van der Waals surface area contributed by atoms with Crippen LogP contribution in [0.2, 0.25) is 0 Å². The second-order valence-corrected chi connectivity index (χ2v) is 6.83.